The second kappa shape index (κ2) is 6.43. The molecule has 0 aromatic heterocycles. The first-order chi connectivity index (χ1) is 9.54. The minimum Gasteiger partial charge on any atom is -0.435 e. The highest BCUT2D eigenvalue weighted by molar-refractivity contribution is 5.31. The molecule has 0 saturated heterocycles. The van der Waals surface area contributed by atoms with Gasteiger partial charge in [-0.15, -0.1) is 0 Å². The van der Waals surface area contributed by atoms with Crippen LogP contribution in [0.2, 0.25) is 0 Å². The molecule has 0 spiro atoms. The van der Waals surface area contributed by atoms with E-state index < -0.39 is 12.7 Å². The number of alkyl halides is 2. The Labute approximate surface area is 114 Å². The lowest BCUT2D eigenvalue weighted by atomic mass is 10.0. The summed E-state index contributed by atoms with van der Waals surface area (Å²) in [6.07, 6.45) is -0.611. The summed E-state index contributed by atoms with van der Waals surface area (Å²) >= 11 is 0. The summed E-state index contributed by atoms with van der Waals surface area (Å²) in [7, 11) is 0. The minimum atomic E-state index is -2.90. The highest BCUT2D eigenvalue weighted by atomic mass is 19.3. The minimum absolute atomic E-state index is 0.00402. The summed E-state index contributed by atoms with van der Waals surface area (Å²) in [4.78, 5) is 0. The topological polar surface area (TPSA) is 29.5 Å². The Morgan fingerprint density at radius 2 is 1.75 bits per heavy atom. The summed E-state index contributed by atoms with van der Waals surface area (Å²) < 4.78 is 41.3. The second-order valence-corrected chi connectivity index (χ2v) is 4.30. The molecule has 20 heavy (non-hydrogen) atoms. The lowest BCUT2D eigenvalue weighted by Gasteiger charge is -2.13. The number of aliphatic hydroxyl groups excluding tert-OH is 1. The van der Waals surface area contributed by atoms with Crippen molar-refractivity contribution in [3.8, 4) is 5.75 Å². The molecule has 2 rings (SSSR count). The lowest BCUT2D eigenvalue weighted by Crippen LogP contribution is -2.05. The van der Waals surface area contributed by atoms with Gasteiger partial charge in [-0.25, -0.2) is 4.39 Å². The number of benzene rings is 2. The third kappa shape index (κ3) is 3.99. The summed E-state index contributed by atoms with van der Waals surface area (Å²) in [5.74, 6) is -0.355. The Bertz CT molecular complexity index is 555. The van der Waals surface area contributed by atoms with Gasteiger partial charge in [-0.2, -0.15) is 8.78 Å². The van der Waals surface area contributed by atoms with Gasteiger partial charge in [0, 0.05) is 6.42 Å². The number of rotatable bonds is 5. The zero-order chi connectivity index (χ0) is 14.5. The van der Waals surface area contributed by atoms with Crippen LogP contribution in [0, 0.1) is 5.82 Å². The predicted molar refractivity (Wildman–Crippen MR) is 68.1 cm³/mol. The van der Waals surface area contributed by atoms with Gasteiger partial charge < -0.3 is 9.84 Å². The van der Waals surface area contributed by atoms with Crippen molar-refractivity contribution < 1.29 is 23.0 Å². The van der Waals surface area contributed by atoms with E-state index in [1.54, 1.807) is 18.2 Å². The molecule has 0 saturated carbocycles. The van der Waals surface area contributed by atoms with Crippen LogP contribution in [-0.4, -0.2) is 11.7 Å². The van der Waals surface area contributed by atoms with E-state index in [0.29, 0.717) is 5.56 Å². The normalized spacial score (nSPS) is 12.4. The Kier molecular flexibility index (Phi) is 4.63. The Morgan fingerprint density at radius 1 is 1.05 bits per heavy atom. The van der Waals surface area contributed by atoms with Gasteiger partial charge in [-0.1, -0.05) is 24.3 Å². The molecule has 0 amide bonds. The van der Waals surface area contributed by atoms with Crippen molar-refractivity contribution >= 4 is 0 Å². The summed E-state index contributed by atoms with van der Waals surface area (Å²) in [5, 5.41) is 10.1. The fraction of sp³-hybridized carbons (Fsp3) is 0.200. The number of hydrogen-bond acceptors (Lipinski definition) is 2. The van der Waals surface area contributed by atoms with E-state index in [0.717, 1.165) is 5.56 Å². The Balaban J connectivity index is 2.08. The lowest BCUT2D eigenvalue weighted by molar-refractivity contribution is -0.0499. The summed E-state index contributed by atoms with van der Waals surface area (Å²) in [6, 6.07) is 11.6. The molecule has 0 bridgehead atoms. The molecule has 0 fully saturated rings. The van der Waals surface area contributed by atoms with Gasteiger partial charge in [-0.05, 0) is 35.4 Å². The Hall–Kier alpha value is -2.01. The first-order valence-corrected chi connectivity index (χ1v) is 6.02. The molecular weight excluding hydrogens is 269 g/mol. The SMILES string of the molecule is OC(Cc1ccc(F)cc1)c1cccc(OC(F)F)c1. The molecule has 1 N–H and O–H groups in total. The maximum atomic E-state index is 12.8. The van der Waals surface area contributed by atoms with Crippen LogP contribution >= 0.6 is 0 Å². The second-order valence-electron chi connectivity index (χ2n) is 4.30. The number of ether oxygens (including phenoxy) is 1. The van der Waals surface area contributed by atoms with Crippen molar-refractivity contribution in [2.24, 2.45) is 0 Å². The van der Waals surface area contributed by atoms with Gasteiger partial charge in [-0.3, -0.25) is 0 Å². The molecule has 0 radical (unpaired) electrons. The third-order valence-corrected chi connectivity index (χ3v) is 2.81. The molecule has 0 aliphatic rings. The number of hydrogen-bond donors (Lipinski definition) is 1. The van der Waals surface area contributed by atoms with Crippen molar-refractivity contribution in [3.63, 3.8) is 0 Å². The Morgan fingerprint density at radius 3 is 2.40 bits per heavy atom. The van der Waals surface area contributed by atoms with Gasteiger partial charge in [0.25, 0.3) is 0 Å². The molecule has 2 nitrogen and oxygen atoms in total. The fourth-order valence-electron chi connectivity index (χ4n) is 1.86. The third-order valence-electron chi connectivity index (χ3n) is 2.81. The standard InChI is InChI=1S/C15H13F3O2/c16-12-6-4-10(5-7-12)8-14(19)11-2-1-3-13(9-11)20-15(17)18/h1-7,9,14-15,19H,8H2. The predicted octanol–water partition coefficient (Wildman–Crippen LogP) is 3.70. The smallest absolute Gasteiger partial charge is 0.387 e. The maximum absolute atomic E-state index is 12.8. The van der Waals surface area contributed by atoms with Gasteiger partial charge >= 0.3 is 6.61 Å². The van der Waals surface area contributed by atoms with Crippen molar-refractivity contribution in [1.82, 2.24) is 0 Å². The van der Waals surface area contributed by atoms with Crippen molar-refractivity contribution in [2.75, 3.05) is 0 Å². The molecule has 2 aromatic rings. The number of aliphatic hydroxyl groups is 1. The van der Waals surface area contributed by atoms with Crippen molar-refractivity contribution in [2.45, 2.75) is 19.1 Å². The van der Waals surface area contributed by atoms with Crippen LogP contribution in [0.5, 0.6) is 5.75 Å². The molecular formula is C15H13F3O2. The average Bonchev–Trinajstić information content (AvgIpc) is 2.41. The average molecular weight is 282 g/mol. The van der Waals surface area contributed by atoms with Crippen LogP contribution in [0.3, 0.4) is 0 Å². The zero-order valence-corrected chi connectivity index (χ0v) is 10.5. The summed E-state index contributed by atoms with van der Waals surface area (Å²) in [5.41, 5.74) is 1.21. The van der Waals surface area contributed by atoms with E-state index in [4.69, 9.17) is 0 Å². The van der Waals surface area contributed by atoms with E-state index in [2.05, 4.69) is 4.74 Å². The van der Waals surface area contributed by atoms with Gasteiger partial charge in [0.2, 0.25) is 0 Å². The van der Waals surface area contributed by atoms with Crippen LogP contribution in [0.4, 0.5) is 13.2 Å². The quantitative estimate of drug-likeness (QED) is 0.906. The molecule has 1 atom stereocenters. The monoisotopic (exact) mass is 282 g/mol. The van der Waals surface area contributed by atoms with Gasteiger partial charge in [0.05, 0.1) is 6.10 Å². The van der Waals surface area contributed by atoms with E-state index in [1.807, 2.05) is 0 Å². The first kappa shape index (κ1) is 14.4. The highest BCUT2D eigenvalue weighted by Gasteiger charge is 2.11. The van der Waals surface area contributed by atoms with Crippen LogP contribution in [-0.2, 0) is 6.42 Å². The number of halogens is 3. The van der Waals surface area contributed by atoms with E-state index >= 15 is 0 Å². The zero-order valence-electron chi connectivity index (χ0n) is 10.5. The molecule has 0 aliphatic carbocycles. The molecule has 0 aliphatic heterocycles. The molecule has 5 heteroatoms. The fourth-order valence-corrected chi connectivity index (χ4v) is 1.86. The van der Waals surface area contributed by atoms with Gasteiger partial charge in [0.1, 0.15) is 11.6 Å². The van der Waals surface area contributed by atoms with E-state index in [-0.39, 0.29) is 18.0 Å². The van der Waals surface area contributed by atoms with E-state index in [1.165, 1.54) is 30.3 Å². The van der Waals surface area contributed by atoms with Crippen LogP contribution in [0.15, 0.2) is 48.5 Å². The van der Waals surface area contributed by atoms with Crippen LogP contribution < -0.4 is 4.74 Å². The van der Waals surface area contributed by atoms with Crippen molar-refractivity contribution in [1.29, 1.82) is 0 Å². The molecule has 1 unspecified atom stereocenters. The van der Waals surface area contributed by atoms with Crippen LogP contribution in [0.25, 0.3) is 0 Å². The largest absolute Gasteiger partial charge is 0.435 e. The molecule has 106 valence electrons. The highest BCUT2D eigenvalue weighted by Crippen LogP contribution is 2.23. The first-order valence-electron chi connectivity index (χ1n) is 6.02. The van der Waals surface area contributed by atoms with Crippen molar-refractivity contribution in [3.05, 3.63) is 65.5 Å². The van der Waals surface area contributed by atoms with E-state index in [9.17, 15) is 18.3 Å². The summed E-state index contributed by atoms with van der Waals surface area (Å²) in [6.45, 7) is -2.90. The van der Waals surface area contributed by atoms with Crippen LogP contribution in [0.1, 0.15) is 17.2 Å². The molecule has 2 aromatic carbocycles. The molecule has 0 heterocycles. The maximum Gasteiger partial charge on any atom is 0.387 e. The van der Waals surface area contributed by atoms with Gasteiger partial charge in [0.15, 0.2) is 0 Å².